The highest BCUT2D eigenvalue weighted by molar-refractivity contribution is 7.17. The molecule has 0 aliphatic heterocycles. The minimum Gasteiger partial charge on any atom is -0.392 e. The maximum Gasteiger partial charge on any atom is 0.128 e. The van der Waals surface area contributed by atoms with E-state index in [2.05, 4.69) is 16.4 Å². The van der Waals surface area contributed by atoms with Gasteiger partial charge in [0.05, 0.1) is 16.8 Å². The number of rotatable bonds is 5. The van der Waals surface area contributed by atoms with Crippen molar-refractivity contribution in [2.75, 3.05) is 0 Å². The molecule has 0 bridgehead atoms. The molecule has 2 N–H and O–H groups in total. The summed E-state index contributed by atoms with van der Waals surface area (Å²) in [7, 11) is 0. The van der Waals surface area contributed by atoms with Gasteiger partial charge >= 0.3 is 0 Å². The number of fused-ring (bicyclic) bond motifs is 1. The van der Waals surface area contributed by atoms with Gasteiger partial charge in [0, 0.05) is 24.8 Å². The predicted octanol–water partition coefficient (Wildman–Crippen LogP) is 3.22. The van der Waals surface area contributed by atoms with Crippen molar-refractivity contribution in [3.05, 3.63) is 64.4 Å². The van der Waals surface area contributed by atoms with Gasteiger partial charge in [-0.15, -0.1) is 11.3 Å². The van der Waals surface area contributed by atoms with E-state index in [9.17, 15) is 4.39 Å². The summed E-state index contributed by atoms with van der Waals surface area (Å²) >= 11 is 1.68. The van der Waals surface area contributed by atoms with E-state index in [1.54, 1.807) is 23.5 Å². The lowest BCUT2D eigenvalue weighted by atomic mass is 10.1. The molecule has 108 valence electrons. The lowest BCUT2D eigenvalue weighted by molar-refractivity contribution is 0.275. The number of aliphatic hydroxyl groups is 1. The molecule has 2 aromatic heterocycles. The van der Waals surface area contributed by atoms with Crippen LogP contribution in [0.1, 0.15) is 16.7 Å². The van der Waals surface area contributed by atoms with Crippen molar-refractivity contribution in [1.82, 2.24) is 10.3 Å². The molecule has 0 spiro atoms. The zero-order chi connectivity index (χ0) is 14.7. The highest BCUT2D eigenvalue weighted by Crippen LogP contribution is 2.19. The molecule has 0 aliphatic rings. The Hall–Kier alpha value is -1.82. The second-order valence-corrected chi connectivity index (χ2v) is 5.78. The van der Waals surface area contributed by atoms with E-state index in [1.165, 1.54) is 10.8 Å². The van der Waals surface area contributed by atoms with Gasteiger partial charge in [-0.1, -0.05) is 6.07 Å². The molecule has 0 saturated carbocycles. The van der Waals surface area contributed by atoms with Crippen LogP contribution >= 0.6 is 11.3 Å². The van der Waals surface area contributed by atoms with E-state index in [0.717, 1.165) is 16.6 Å². The lowest BCUT2D eigenvalue weighted by Crippen LogP contribution is -2.13. The topological polar surface area (TPSA) is 45.1 Å². The summed E-state index contributed by atoms with van der Waals surface area (Å²) in [5.74, 6) is -0.367. The maximum atomic E-state index is 13.3. The van der Waals surface area contributed by atoms with Crippen molar-refractivity contribution in [3.63, 3.8) is 0 Å². The Morgan fingerprint density at radius 2 is 2.00 bits per heavy atom. The largest absolute Gasteiger partial charge is 0.392 e. The van der Waals surface area contributed by atoms with Crippen LogP contribution in [-0.2, 0) is 19.7 Å². The first-order valence-electron chi connectivity index (χ1n) is 6.67. The highest BCUT2D eigenvalue weighted by atomic mass is 32.1. The first-order valence-corrected chi connectivity index (χ1v) is 7.55. The average Bonchev–Trinajstić information content (AvgIpc) is 2.96. The molecule has 0 unspecified atom stereocenters. The van der Waals surface area contributed by atoms with Crippen LogP contribution in [0.4, 0.5) is 4.39 Å². The lowest BCUT2D eigenvalue weighted by Gasteiger charge is -2.07. The Morgan fingerprint density at radius 3 is 2.86 bits per heavy atom. The van der Waals surface area contributed by atoms with Crippen molar-refractivity contribution in [3.8, 4) is 0 Å². The fourth-order valence-electron chi connectivity index (χ4n) is 2.19. The average molecular weight is 302 g/mol. The summed E-state index contributed by atoms with van der Waals surface area (Å²) < 4.78 is 14.5. The molecule has 0 amide bonds. The molecular formula is C16H15FN2OS. The maximum absolute atomic E-state index is 13.3. The molecular weight excluding hydrogens is 287 g/mol. The number of hydrogen-bond donors (Lipinski definition) is 2. The number of nitrogens with one attached hydrogen (secondary N) is 1. The first kappa shape index (κ1) is 14.1. The van der Waals surface area contributed by atoms with Crippen molar-refractivity contribution in [1.29, 1.82) is 0 Å². The molecule has 0 radical (unpaired) electrons. The van der Waals surface area contributed by atoms with Gasteiger partial charge in [0.2, 0.25) is 0 Å². The summed E-state index contributed by atoms with van der Waals surface area (Å²) in [4.78, 5) is 4.39. The van der Waals surface area contributed by atoms with E-state index in [1.807, 2.05) is 17.6 Å². The Bertz CT molecular complexity index is 757. The molecule has 21 heavy (non-hydrogen) atoms. The Kier molecular flexibility index (Phi) is 4.24. The number of aliphatic hydroxyl groups excluding tert-OH is 1. The smallest absolute Gasteiger partial charge is 0.128 e. The molecule has 0 atom stereocenters. The number of benzene rings is 1. The van der Waals surface area contributed by atoms with Crippen molar-refractivity contribution < 1.29 is 9.50 Å². The van der Waals surface area contributed by atoms with Gasteiger partial charge < -0.3 is 10.4 Å². The molecule has 0 fully saturated rings. The zero-order valence-corrected chi connectivity index (χ0v) is 12.2. The summed E-state index contributed by atoms with van der Waals surface area (Å²) in [6, 6.07) is 8.93. The predicted molar refractivity (Wildman–Crippen MR) is 82.5 cm³/mol. The van der Waals surface area contributed by atoms with E-state index in [-0.39, 0.29) is 12.4 Å². The van der Waals surface area contributed by atoms with Crippen molar-refractivity contribution in [2.45, 2.75) is 19.7 Å². The van der Waals surface area contributed by atoms with Gasteiger partial charge in [-0.3, -0.25) is 4.98 Å². The number of thiophene rings is 1. The van der Waals surface area contributed by atoms with E-state index in [4.69, 9.17) is 5.11 Å². The van der Waals surface area contributed by atoms with Gasteiger partial charge in [0.25, 0.3) is 0 Å². The second-order valence-electron chi connectivity index (χ2n) is 4.83. The molecule has 0 saturated heterocycles. The number of hydrogen-bond acceptors (Lipinski definition) is 4. The number of aromatic nitrogens is 1. The van der Waals surface area contributed by atoms with Gasteiger partial charge in [0.15, 0.2) is 0 Å². The Morgan fingerprint density at radius 1 is 1.14 bits per heavy atom. The van der Waals surface area contributed by atoms with Crippen molar-refractivity contribution >= 4 is 21.6 Å². The Labute approximate surface area is 126 Å². The van der Waals surface area contributed by atoms with E-state index in [0.29, 0.717) is 18.7 Å². The quantitative estimate of drug-likeness (QED) is 0.760. The summed E-state index contributed by atoms with van der Waals surface area (Å²) in [6.07, 6.45) is 1.87. The first-order chi connectivity index (χ1) is 10.3. The van der Waals surface area contributed by atoms with E-state index >= 15 is 0 Å². The summed E-state index contributed by atoms with van der Waals surface area (Å²) in [5.41, 5.74) is 3.42. The monoisotopic (exact) mass is 302 g/mol. The number of nitrogens with zero attached hydrogens (tertiary/aromatic N) is 1. The molecule has 3 nitrogen and oxygen atoms in total. The van der Waals surface area contributed by atoms with Crippen LogP contribution in [0, 0.1) is 5.82 Å². The molecule has 3 rings (SSSR count). The van der Waals surface area contributed by atoms with Gasteiger partial charge in [0.1, 0.15) is 5.82 Å². The van der Waals surface area contributed by atoms with Crippen LogP contribution in [0.5, 0.6) is 0 Å². The standard InChI is InChI=1S/C16H15FN2OS/c17-14-2-1-11(5-13(14)10-20)7-18-8-12-6-16-15(19-9-12)3-4-21-16/h1-6,9,18,20H,7-8,10H2. The fraction of sp³-hybridized carbons (Fsp3) is 0.188. The van der Waals surface area contributed by atoms with Crippen LogP contribution < -0.4 is 5.32 Å². The Balaban J connectivity index is 1.62. The third-order valence-corrected chi connectivity index (χ3v) is 4.15. The molecule has 2 heterocycles. The second kappa shape index (κ2) is 6.30. The van der Waals surface area contributed by atoms with Crippen LogP contribution in [0.2, 0.25) is 0 Å². The number of pyridine rings is 1. The third-order valence-electron chi connectivity index (χ3n) is 3.30. The number of halogens is 1. The molecule has 1 aromatic carbocycles. The van der Waals surface area contributed by atoms with Crippen LogP contribution in [0.3, 0.4) is 0 Å². The van der Waals surface area contributed by atoms with Crippen molar-refractivity contribution in [2.24, 2.45) is 0 Å². The normalized spacial score (nSPS) is 11.1. The van der Waals surface area contributed by atoms with Crippen LogP contribution in [0.25, 0.3) is 10.2 Å². The van der Waals surface area contributed by atoms with Crippen LogP contribution in [0.15, 0.2) is 41.9 Å². The highest BCUT2D eigenvalue weighted by Gasteiger charge is 2.03. The minimum atomic E-state index is -0.367. The van der Waals surface area contributed by atoms with Gasteiger partial charge in [-0.2, -0.15) is 0 Å². The SMILES string of the molecule is OCc1cc(CNCc2cnc3ccsc3c2)ccc1F. The summed E-state index contributed by atoms with van der Waals surface area (Å²) in [5, 5.41) is 14.4. The minimum absolute atomic E-state index is 0.279. The molecule has 5 heteroatoms. The van der Waals surface area contributed by atoms with E-state index < -0.39 is 0 Å². The third kappa shape index (κ3) is 3.26. The van der Waals surface area contributed by atoms with Gasteiger partial charge in [-0.05, 0) is 40.8 Å². The van der Waals surface area contributed by atoms with Gasteiger partial charge in [-0.25, -0.2) is 4.39 Å². The summed E-state index contributed by atoms with van der Waals surface area (Å²) in [6.45, 7) is 1.04. The molecule has 0 aliphatic carbocycles. The molecule has 3 aromatic rings. The zero-order valence-electron chi connectivity index (χ0n) is 11.3. The van der Waals surface area contributed by atoms with Crippen LogP contribution in [-0.4, -0.2) is 10.1 Å². The fourth-order valence-corrected chi connectivity index (χ4v) is 3.00.